The first kappa shape index (κ1) is 15.9. The van der Waals surface area contributed by atoms with E-state index in [2.05, 4.69) is 5.32 Å². The summed E-state index contributed by atoms with van der Waals surface area (Å²) in [4.78, 5) is 12.0. The smallest absolute Gasteiger partial charge is 0.263 e. The van der Waals surface area contributed by atoms with Crippen LogP contribution in [0.15, 0.2) is 42.5 Å². The van der Waals surface area contributed by atoms with Crippen LogP contribution in [0, 0.1) is 6.92 Å². The fourth-order valence-electron chi connectivity index (χ4n) is 2.19. The van der Waals surface area contributed by atoms with E-state index >= 15 is 0 Å². The Morgan fingerprint density at radius 1 is 1.23 bits per heavy atom. The Bertz CT molecular complexity index is 671. The summed E-state index contributed by atoms with van der Waals surface area (Å²) in [7, 11) is 1.58. The summed E-state index contributed by atoms with van der Waals surface area (Å²) in [6.07, 6.45) is -2.49. The molecule has 0 aliphatic heterocycles. The number of benzene rings is 2. The molecule has 0 aromatic heterocycles. The Kier molecular flexibility index (Phi) is 5.09. The molecule has 0 radical (unpaired) electrons. The molecule has 2 aromatic rings. The minimum absolute atomic E-state index is 0.0473. The van der Waals surface area contributed by atoms with Gasteiger partial charge in [-0.2, -0.15) is 0 Å². The molecule has 0 saturated heterocycles. The van der Waals surface area contributed by atoms with Crippen molar-refractivity contribution < 1.29 is 18.3 Å². The van der Waals surface area contributed by atoms with Crippen LogP contribution < -0.4 is 10.1 Å². The zero-order chi connectivity index (χ0) is 16.1. The van der Waals surface area contributed by atoms with Gasteiger partial charge in [0.25, 0.3) is 6.43 Å². The minimum Gasteiger partial charge on any atom is -0.496 e. The molecular weight excluding hydrogens is 288 g/mol. The van der Waals surface area contributed by atoms with Gasteiger partial charge in [-0.1, -0.05) is 18.2 Å². The highest BCUT2D eigenvalue weighted by Gasteiger charge is 2.10. The topological polar surface area (TPSA) is 38.3 Å². The summed E-state index contributed by atoms with van der Waals surface area (Å²) in [5.41, 5.74) is 2.03. The van der Waals surface area contributed by atoms with E-state index in [9.17, 15) is 13.6 Å². The molecule has 116 valence electrons. The van der Waals surface area contributed by atoms with Crippen LogP contribution in [0.3, 0.4) is 0 Å². The summed E-state index contributed by atoms with van der Waals surface area (Å²) >= 11 is 0. The molecule has 0 unspecified atom stereocenters. The molecule has 0 bridgehead atoms. The van der Waals surface area contributed by atoms with Crippen molar-refractivity contribution >= 4 is 11.6 Å². The average Bonchev–Trinajstić information content (AvgIpc) is 2.47. The molecule has 0 saturated carbocycles. The molecule has 0 aliphatic carbocycles. The fourth-order valence-corrected chi connectivity index (χ4v) is 2.19. The maximum Gasteiger partial charge on any atom is 0.263 e. The van der Waals surface area contributed by atoms with Crippen molar-refractivity contribution in [3.8, 4) is 5.75 Å². The van der Waals surface area contributed by atoms with E-state index in [1.165, 1.54) is 18.2 Å². The lowest BCUT2D eigenvalue weighted by Crippen LogP contribution is -2.14. The van der Waals surface area contributed by atoms with Gasteiger partial charge in [-0.05, 0) is 42.3 Å². The number of methoxy groups -OCH3 is 1. The van der Waals surface area contributed by atoms with E-state index in [1.54, 1.807) is 31.4 Å². The molecule has 2 rings (SSSR count). The molecule has 22 heavy (non-hydrogen) atoms. The highest BCUT2D eigenvalue weighted by atomic mass is 19.3. The fraction of sp³-hybridized carbons (Fsp3) is 0.235. The van der Waals surface area contributed by atoms with Crippen LogP contribution in [0.25, 0.3) is 0 Å². The van der Waals surface area contributed by atoms with E-state index < -0.39 is 6.43 Å². The second-order valence-corrected chi connectivity index (χ2v) is 4.96. The number of alkyl halides is 2. The van der Waals surface area contributed by atoms with Gasteiger partial charge in [0.2, 0.25) is 5.91 Å². The van der Waals surface area contributed by atoms with Gasteiger partial charge in [0.05, 0.1) is 13.5 Å². The van der Waals surface area contributed by atoms with Crippen LogP contribution in [0.5, 0.6) is 5.75 Å². The van der Waals surface area contributed by atoms with E-state index in [0.717, 1.165) is 11.3 Å². The zero-order valence-corrected chi connectivity index (χ0v) is 12.4. The van der Waals surface area contributed by atoms with Crippen LogP contribution in [0.1, 0.15) is 23.1 Å². The number of carbonyl (C=O) groups is 1. The normalized spacial score (nSPS) is 10.6. The molecule has 0 atom stereocenters. The first-order valence-corrected chi connectivity index (χ1v) is 6.81. The summed E-state index contributed by atoms with van der Waals surface area (Å²) in [6, 6.07) is 11.2. The van der Waals surface area contributed by atoms with Gasteiger partial charge < -0.3 is 10.1 Å². The lowest BCUT2D eigenvalue weighted by molar-refractivity contribution is -0.115. The van der Waals surface area contributed by atoms with Gasteiger partial charge in [0, 0.05) is 11.3 Å². The highest BCUT2D eigenvalue weighted by Crippen LogP contribution is 2.22. The van der Waals surface area contributed by atoms with Gasteiger partial charge >= 0.3 is 0 Å². The number of anilines is 1. The van der Waals surface area contributed by atoms with Gasteiger partial charge in [-0.15, -0.1) is 0 Å². The lowest BCUT2D eigenvalue weighted by Gasteiger charge is -2.09. The van der Waals surface area contributed by atoms with Crippen LogP contribution in [0.2, 0.25) is 0 Å². The molecule has 0 heterocycles. The number of carbonyl (C=O) groups excluding carboxylic acids is 1. The number of nitrogens with one attached hydrogen (secondary N) is 1. The summed E-state index contributed by atoms with van der Waals surface area (Å²) in [5.74, 6) is 0.485. The summed E-state index contributed by atoms with van der Waals surface area (Å²) in [6.45, 7) is 1.88. The molecule has 0 aliphatic rings. The third-order valence-corrected chi connectivity index (χ3v) is 3.25. The van der Waals surface area contributed by atoms with Gasteiger partial charge in [-0.3, -0.25) is 4.79 Å². The standard InChI is InChI=1S/C17H17F2NO2/c1-11-8-14(6-7-15(11)22-2)20-16(21)10-12-4-3-5-13(9-12)17(18)19/h3-9,17H,10H2,1-2H3,(H,20,21). The zero-order valence-electron chi connectivity index (χ0n) is 12.4. The van der Waals surface area contributed by atoms with Crippen molar-refractivity contribution in [1.29, 1.82) is 0 Å². The SMILES string of the molecule is COc1ccc(NC(=O)Cc2cccc(C(F)F)c2)cc1C. The predicted molar refractivity (Wildman–Crippen MR) is 81.5 cm³/mol. The number of rotatable bonds is 5. The van der Waals surface area contributed by atoms with Crippen molar-refractivity contribution in [2.75, 3.05) is 12.4 Å². The lowest BCUT2D eigenvalue weighted by atomic mass is 10.1. The van der Waals surface area contributed by atoms with Crippen molar-refractivity contribution in [3.63, 3.8) is 0 Å². The number of halogens is 2. The highest BCUT2D eigenvalue weighted by molar-refractivity contribution is 5.92. The average molecular weight is 305 g/mol. The Labute approximate surface area is 127 Å². The van der Waals surface area contributed by atoms with Crippen molar-refractivity contribution in [2.24, 2.45) is 0 Å². The summed E-state index contributed by atoms with van der Waals surface area (Å²) in [5, 5.41) is 2.75. The molecule has 5 heteroatoms. The third kappa shape index (κ3) is 4.04. The van der Waals surface area contributed by atoms with E-state index in [4.69, 9.17) is 4.74 Å². The van der Waals surface area contributed by atoms with Crippen LogP contribution in [-0.2, 0) is 11.2 Å². The van der Waals surface area contributed by atoms with Crippen molar-refractivity contribution in [3.05, 3.63) is 59.2 Å². The third-order valence-electron chi connectivity index (χ3n) is 3.25. The number of hydrogen-bond acceptors (Lipinski definition) is 2. The Morgan fingerprint density at radius 2 is 2.00 bits per heavy atom. The van der Waals surface area contributed by atoms with Gasteiger partial charge in [0.1, 0.15) is 5.75 Å². The first-order chi connectivity index (χ1) is 10.5. The number of aryl methyl sites for hydroxylation is 1. The molecular formula is C17H17F2NO2. The summed E-state index contributed by atoms with van der Waals surface area (Å²) < 4.78 is 30.4. The van der Waals surface area contributed by atoms with Crippen molar-refractivity contribution in [1.82, 2.24) is 0 Å². The largest absolute Gasteiger partial charge is 0.496 e. The molecule has 1 N–H and O–H groups in total. The molecule has 0 spiro atoms. The first-order valence-electron chi connectivity index (χ1n) is 6.81. The Hall–Kier alpha value is -2.43. The quantitative estimate of drug-likeness (QED) is 0.902. The maximum atomic E-state index is 12.6. The van der Waals surface area contributed by atoms with Gasteiger partial charge in [0.15, 0.2) is 0 Å². The van der Waals surface area contributed by atoms with Crippen LogP contribution in [-0.4, -0.2) is 13.0 Å². The maximum absolute atomic E-state index is 12.6. The number of amides is 1. The van der Waals surface area contributed by atoms with Crippen LogP contribution in [0.4, 0.5) is 14.5 Å². The van der Waals surface area contributed by atoms with E-state index in [1.807, 2.05) is 6.92 Å². The van der Waals surface area contributed by atoms with E-state index in [-0.39, 0.29) is 17.9 Å². The van der Waals surface area contributed by atoms with E-state index in [0.29, 0.717) is 11.3 Å². The molecule has 1 amide bonds. The molecule has 3 nitrogen and oxygen atoms in total. The van der Waals surface area contributed by atoms with Crippen LogP contribution >= 0.6 is 0 Å². The second-order valence-electron chi connectivity index (χ2n) is 4.96. The number of hydrogen-bond donors (Lipinski definition) is 1. The second kappa shape index (κ2) is 7.02. The molecule has 0 fully saturated rings. The van der Waals surface area contributed by atoms with Gasteiger partial charge in [-0.25, -0.2) is 8.78 Å². The minimum atomic E-state index is -2.53. The molecule has 2 aromatic carbocycles. The predicted octanol–water partition coefficient (Wildman–Crippen LogP) is 4.12. The Balaban J connectivity index is 2.04. The number of ether oxygens (including phenoxy) is 1. The monoisotopic (exact) mass is 305 g/mol. The van der Waals surface area contributed by atoms with Crippen molar-refractivity contribution in [2.45, 2.75) is 19.8 Å². The Morgan fingerprint density at radius 3 is 2.64 bits per heavy atom.